The fourth-order valence-electron chi connectivity index (χ4n) is 4.16. The van der Waals surface area contributed by atoms with Crippen LogP contribution in [-0.2, 0) is 14.8 Å². The zero-order valence-electron chi connectivity index (χ0n) is 16.9. The highest BCUT2D eigenvalue weighted by Crippen LogP contribution is 2.39. The molecule has 0 saturated carbocycles. The summed E-state index contributed by atoms with van der Waals surface area (Å²) in [6.45, 7) is 2.91. The van der Waals surface area contributed by atoms with E-state index in [-0.39, 0.29) is 10.8 Å². The number of benzene rings is 2. The molecule has 2 aromatic rings. The van der Waals surface area contributed by atoms with Crippen LogP contribution in [0, 0.1) is 0 Å². The van der Waals surface area contributed by atoms with Crippen molar-refractivity contribution in [3.63, 3.8) is 0 Å². The van der Waals surface area contributed by atoms with Gasteiger partial charge in [0, 0.05) is 23.7 Å². The lowest BCUT2D eigenvalue weighted by Gasteiger charge is -2.32. The number of likely N-dealkylation sites (tertiary alicyclic amines) is 1. The molecule has 2 heterocycles. The van der Waals surface area contributed by atoms with Gasteiger partial charge in [-0.05, 0) is 55.8 Å². The third kappa shape index (κ3) is 4.36. The Morgan fingerprint density at radius 3 is 2.47 bits per heavy atom. The molecule has 2 aliphatic rings. The van der Waals surface area contributed by atoms with Crippen molar-refractivity contribution in [2.75, 3.05) is 36.2 Å². The van der Waals surface area contributed by atoms with E-state index in [1.165, 1.54) is 10.7 Å². The largest absolute Gasteiger partial charge is 0.369 e. The number of anilines is 1. The highest BCUT2D eigenvalue weighted by molar-refractivity contribution is 8.00. The molecule has 2 aliphatic heterocycles. The van der Waals surface area contributed by atoms with Crippen molar-refractivity contribution in [1.29, 1.82) is 0 Å². The summed E-state index contributed by atoms with van der Waals surface area (Å²) in [5.41, 5.74) is 7.19. The molecule has 8 heteroatoms. The van der Waals surface area contributed by atoms with Crippen LogP contribution in [0.5, 0.6) is 0 Å². The van der Waals surface area contributed by atoms with Gasteiger partial charge < -0.3 is 10.6 Å². The van der Waals surface area contributed by atoms with E-state index in [4.69, 9.17) is 5.73 Å². The second kappa shape index (κ2) is 8.99. The van der Waals surface area contributed by atoms with Gasteiger partial charge >= 0.3 is 0 Å². The summed E-state index contributed by atoms with van der Waals surface area (Å²) in [5.74, 6) is -0.145. The maximum atomic E-state index is 13.3. The molecule has 1 unspecified atom stereocenters. The first-order valence-electron chi connectivity index (χ1n) is 10.3. The molecule has 30 heavy (non-hydrogen) atoms. The lowest BCUT2D eigenvalue weighted by molar-refractivity contribution is -0.119. The Morgan fingerprint density at radius 1 is 1.03 bits per heavy atom. The van der Waals surface area contributed by atoms with Gasteiger partial charge in [-0.25, -0.2) is 8.42 Å². The minimum Gasteiger partial charge on any atom is -0.369 e. The van der Waals surface area contributed by atoms with Gasteiger partial charge in [0.2, 0.25) is 5.91 Å². The molecule has 1 saturated heterocycles. The summed E-state index contributed by atoms with van der Waals surface area (Å²) in [7, 11) is -3.67. The molecule has 2 aromatic carbocycles. The molecule has 0 bridgehead atoms. The van der Waals surface area contributed by atoms with E-state index < -0.39 is 15.9 Å². The van der Waals surface area contributed by atoms with Crippen LogP contribution < -0.4 is 10.0 Å². The molecular weight excluding hydrogens is 418 g/mol. The average molecular weight is 446 g/mol. The van der Waals surface area contributed by atoms with Gasteiger partial charge in [-0.1, -0.05) is 30.7 Å². The molecule has 1 atom stereocenters. The summed E-state index contributed by atoms with van der Waals surface area (Å²) in [6, 6.07) is 14.2. The van der Waals surface area contributed by atoms with E-state index in [0.29, 0.717) is 24.5 Å². The number of thioether (sulfide) groups is 1. The van der Waals surface area contributed by atoms with Crippen molar-refractivity contribution >= 4 is 33.4 Å². The first-order valence-corrected chi connectivity index (χ1v) is 12.8. The minimum atomic E-state index is -3.67. The second-order valence-electron chi connectivity index (χ2n) is 7.78. The number of carbonyl (C=O) groups is 1. The van der Waals surface area contributed by atoms with Crippen molar-refractivity contribution in [1.82, 2.24) is 4.90 Å². The van der Waals surface area contributed by atoms with Gasteiger partial charge in [-0.15, -0.1) is 11.8 Å². The van der Waals surface area contributed by atoms with Gasteiger partial charge in [0.25, 0.3) is 10.0 Å². The van der Waals surface area contributed by atoms with Crippen LogP contribution in [0.2, 0.25) is 0 Å². The molecule has 1 fully saturated rings. The summed E-state index contributed by atoms with van der Waals surface area (Å²) >= 11 is 1.64. The monoisotopic (exact) mass is 445 g/mol. The zero-order valence-corrected chi connectivity index (χ0v) is 18.5. The van der Waals surface area contributed by atoms with E-state index in [9.17, 15) is 13.2 Å². The Morgan fingerprint density at radius 2 is 1.77 bits per heavy atom. The van der Waals surface area contributed by atoms with Crippen LogP contribution in [0.15, 0.2) is 58.3 Å². The molecule has 6 nitrogen and oxygen atoms in total. The van der Waals surface area contributed by atoms with E-state index in [1.54, 1.807) is 42.1 Å². The molecule has 0 aromatic heterocycles. The van der Waals surface area contributed by atoms with Gasteiger partial charge in [-0.3, -0.25) is 9.10 Å². The maximum absolute atomic E-state index is 13.3. The van der Waals surface area contributed by atoms with Crippen molar-refractivity contribution in [3.05, 3.63) is 54.1 Å². The van der Waals surface area contributed by atoms with Gasteiger partial charge in [0.1, 0.15) is 0 Å². The second-order valence-corrected chi connectivity index (χ2v) is 10.8. The van der Waals surface area contributed by atoms with E-state index in [2.05, 4.69) is 4.90 Å². The molecular formula is C22H27N3O3S2. The third-order valence-corrected chi connectivity index (χ3v) is 8.64. The van der Waals surface area contributed by atoms with Gasteiger partial charge in [-0.2, -0.15) is 0 Å². The Labute approximate surface area is 182 Å². The smallest absolute Gasteiger partial charge is 0.264 e. The lowest BCUT2D eigenvalue weighted by Crippen LogP contribution is -2.38. The van der Waals surface area contributed by atoms with Crippen molar-refractivity contribution < 1.29 is 13.2 Å². The summed E-state index contributed by atoms with van der Waals surface area (Å²) in [4.78, 5) is 15.8. The lowest BCUT2D eigenvalue weighted by atomic mass is 9.96. The Balaban J connectivity index is 1.68. The van der Waals surface area contributed by atoms with Crippen molar-refractivity contribution in [2.24, 2.45) is 5.73 Å². The van der Waals surface area contributed by atoms with Crippen LogP contribution in [0.4, 0.5) is 5.69 Å². The predicted octanol–water partition coefficient (Wildman–Crippen LogP) is 3.04. The van der Waals surface area contributed by atoms with E-state index >= 15 is 0 Å². The zero-order chi connectivity index (χ0) is 21.1. The van der Waals surface area contributed by atoms with Crippen molar-refractivity contribution in [2.45, 2.75) is 35.0 Å². The number of nitrogens with two attached hydrogens (primary N) is 1. The number of piperidine rings is 1. The molecule has 2 N–H and O–H groups in total. The van der Waals surface area contributed by atoms with E-state index in [1.807, 2.05) is 18.2 Å². The van der Waals surface area contributed by atoms with Crippen LogP contribution in [-0.4, -0.2) is 51.2 Å². The van der Waals surface area contributed by atoms with Crippen LogP contribution in [0.1, 0.15) is 30.7 Å². The summed E-state index contributed by atoms with van der Waals surface area (Å²) in [5, 5.41) is 0. The summed E-state index contributed by atoms with van der Waals surface area (Å²) in [6.07, 6.45) is 3.49. The Bertz CT molecular complexity index is 1010. The fraction of sp³-hybridized carbons (Fsp3) is 0.409. The average Bonchev–Trinajstić information content (AvgIpc) is 2.78. The van der Waals surface area contributed by atoms with Crippen molar-refractivity contribution in [3.8, 4) is 0 Å². The Hall–Kier alpha value is -2.03. The number of primary amides is 1. The number of carbonyl (C=O) groups excluding carboxylic acids is 1. The first-order chi connectivity index (χ1) is 14.5. The number of amides is 1. The Kier molecular flexibility index (Phi) is 6.36. The highest BCUT2D eigenvalue weighted by Gasteiger charge is 2.31. The normalized spacial score (nSPS) is 18.6. The molecule has 0 radical (unpaired) electrons. The van der Waals surface area contributed by atoms with Gasteiger partial charge in [0.15, 0.2) is 0 Å². The number of nitrogens with zero attached hydrogens (tertiary/aromatic N) is 2. The van der Waals surface area contributed by atoms with Crippen LogP contribution in [0.3, 0.4) is 0 Å². The molecule has 0 spiro atoms. The third-order valence-electron chi connectivity index (χ3n) is 5.77. The molecule has 0 aliphatic carbocycles. The predicted molar refractivity (Wildman–Crippen MR) is 120 cm³/mol. The summed E-state index contributed by atoms with van der Waals surface area (Å²) < 4.78 is 28.1. The number of fused-ring (bicyclic) bond motifs is 1. The van der Waals surface area contributed by atoms with Gasteiger partial charge in [0.05, 0.1) is 16.5 Å². The maximum Gasteiger partial charge on any atom is 0.264 e. The quantitative estimate of drug-likeness (QED) is 0.739. The molecule has 160 valence electrons. The topological polar surface area (TPSA) is 83.7 Å². The minimum absolute atomic E-state index is 0.271. The van der Waals surface area contributed by atoms with Crippen LogP contribution in [0.25, 0.3) is 0 Å². The number of sulfonamides is 1. The first kappa shape index (κ1) is 21.2. The standard InChI is InChI=1S/C22H27N3O3S2/c23-22(26)19(16-24-11-5-2-6-12-24)17-9-10-21-20(15-17)25(13-14-29-21)30(27,28)18-7-3-1-4-8-18/h1,3-4,7-10,15,19H,2,5-6,11-14,16H2,(H2,23,26). The SMILES string of the molecule is NC(=O)C(CN1CCCCC1)c1ccc2c(c1)N(S(=O)(=O)c1ccccc1)CCS2. The number of hydrogen-bond donors (Lipinski definition) is 1. The number of hydrogen-bond acceptors (Lipinski definition) is 5. The molecule has 1 amide bonds. The molecule has 4 rings (SSSR count). The number of rotatable bonds is 6. The fourth-order valence-corrected chi connectivity index (χ4v) is 6.80. The van der Waals surface area contributed by atoms with Crippen LogP contribution >= 0.6 is 11.8 Å². The van der Waals surface area contributed by atoms with E-state index in [0.717, 1.165) is 36.4 Å². The highest BCUT2D eigenvalue weighted by atomic mass is 32.2.